The second-order valence-corrected chi connectivity index (χ2v) is 5.97. The van der Waals surface area contributed by atoms with Crippen LogP contribution in [0.4, 0.5) is 0 Å². The van der Waals surface area contributed by atoms with Gasteiger partial charge in [-0.25, -0.2) is 0 Å². The van der Waals surface area contributed by atoms with E-state index < -0.39 is 11.2 Å². The molecule has 0 aliphatic heterocycles. The Bertz CT molecular complexity index is 168. The molecule has 0 aliphatic carbocycles. The molecule has 0 aromatic rings. The SMILES string of the molecule is CCCCCCCC(C)(O)CCC(C)(C)O. The molecule has 1 unspecified atom stereocenters. The van der Waals surface area contributed by atoms with Crippen molar-refractivity contribution >= 4 is 0 Å². The fourth-order valence-corrected chi connectivity index (χ4v) is 1.81. The normalized spacial score (nSPS) is 16.1. The van der Waals surface area contributed by atoms with E-state index in [1.807, 2.05) is 6.92 Å². The lowest BCUT2D eigenvalue weighted by atomic mass is 9.88. The summed E-state index contributed by atoms with van der Waals surface area (Å²) >= 11 is 0. The molecule has 16 heavy (non-hydrogen) atoms. The molecule has 0 aromatic heterocycles. The summed E-state index contributed by atoms with van der Waals surface area (Å²) in [6, 6.07) is 0. The van der Waals surface area contributed by atoms with Crippen LogP contribution in [0, 0.1) is 0 Å². The van der Waals surface area contributed by atoms with Gasteiger partial charge in [-0.2, -0.15) is 0 Å². The van der Waals surface area contributed by atoms with Crippen molar-refractivity contribution in [2.24, 2.45) is 0 Å². The first-order valence-corrected chi connectivity index (χ1v) is 6.71. The Morgan fingerprint density at radius 1 is 0.750 bits per heavy atom. The third-order valence-electron chi connectivity index (χ3n) is 3.09. The molecule has 0 saturated heterocycles. The fraction of sp³-hybridized carbons (Fsp3) is 1.00. The number of hydrogen-bond acceptors (Lipinski definition) is 2. The molecule has 98 valence electrons. The monoisotopic (exact) mass is 230 g/mol. The summed E-state index contributed by atoms with van der Waals surface area (Å²) in [5.41, 5.74) is -1.27. The van der Waals surface area contributed by atoms with Crippen LogP contribution in [0.15, 0.2) is 0 Å². The van der Waals surface area contributed by atoms with Crippen LogP contribution in [0.3, 0.4) is 0 Å². The van der Waals surface area contributed by atoms with E-state index in [2.05, 4.69) is 6.92 Å². The van der Waals surface area contributed by atoms with Gasteiger partial charge in [-0.1, -0.05) is 39.0 Å². The Balaban J connectivity index is 3.62. The van der Waals surface area contributed by atoms with E-state index in [9.17, 15) is 10.2 Å². The lowest BCUT2D eigenvalue weighted by Crippen LogP contribution is -2.29. The van der Waals surface area contributed by atoms with Gasteiger partial charge in [0.2, 0.25) is 0 Å². The molecule has 1 atom stereocenters. The molecular formula is C14H30O2. The van der Waals surface area contributed by atoms with E-state index in [-0.39, 0.29) is 0 Å². The first-order valence-electron chi connectivity index (χ1n) is 6.71. The van der Waals surface area contributed by atoms with Crippen molar-refractivity contribution in [3.05, 3.63) is 0 Å². The van der Waals surface area contributed by atoms with Gasteiger partial charge in [0, 0.05) is 0 Å². The van der Waals surface area contributed by atoms with Gasteiger partial charge in [0.15, 0.2) is 0 Å². The molecule has 2 nitrogen and oxygen atoms in total. The quantitative estimate of drug-likeness (QED) is 0.594. The van der Waals surface area contributed by atoms with Gasteiger partial charge in [-0.15, -0.1) is 0 Å². The standard InChI is InChI=1S/C14H30O2/c1-5-6-7-8-9-10-14(4,16)12-11-13(2,3)15/h15-16H,5-12H2,1-4H3. The maximum atomic E-state index is 10.1. The van der Waals surface area contributed by atoms with Crippen LogP contribution in [0.25, 0.3) is 0 Å². The largest absolute Gasteiger partial charge is 0.390 e. The third kappa shape index (κ3) is 10.4. The highest BCUT2D eigenvalue weighted by atomic mass is 16.3. The van der Waals surface area contributed by atoms with E-state index >= 15 is 0 Å². The van der Waals surface area contributed by atoms with Crippen LogP contribution in [-0.2, 0) is 0 Å². The summed E-state index contributed by atoms with van der Waals surface area (Å²) in [4.78, 5) is 0. The van der Waals surface area contributed by atoms with Crippen molar-refractivity contribution in [1.82, 2.24) is 0 Å². The highest BCUT2D eigenvalue weighted by Gasteiger charge is 2.23. The Hall–Kier alpha value is -0.0800. The summed E-state index contributed by atoms with van der Waals surface area (Å²) in [5.74, 6) is 0. The minimum Gasteiger partial charge on any atom is -0.390 e. The van der Waals surface area contributed by atoms with Crippen LogP contribution in [-0.4, -0.2) is 21.4 Å². The lowest BCUT2D eigenvalue weighted by Gasteiger charge is -2.27. The van der Waals surface area contributed by atoms with Gasteiger partial charge in [0.1, 0.15) is 0 Å². The van der Waals surface area contributed by atoms with Crippen LogP contribution in [0.5, 0.6) is 0 Å². The Morgan fingerprint density at radius 2 is 1.31 bits per heavy atom. The Kier molecular flexibility index (Phi) is 7.25. The molecule has 0 heterocycles. The van der Waals surface area contributed by atoms with Crippen molar-refractivity contribution in [1.29, 1.82) is 0 Å². The average Bonchev–Trinajstić information content (AvgIpc) is 2.14. The fourth-order valence-electron chi connectivity index (χ4n) is 1.81. The van der Waals surface area contributed by atoms with Gasteiger partial charge in [0.05, 0.1) is 11.2 Å². The molecule has 0 fully saturated rings. The number of hydrogen-bond donors (Lipinski definition) is 2. The molecular weight excluding hydrogens is 200 g/mol. The molecule has 0 saturated carbocycles. The summed E-state index contributed by atoms with van der Waals surface area (Å²) < 4.78 is 0. The number of aliphatic hydroxyl groups is 2. The molecule has 0 radical (unpaired) electrons. The zero-order chi connectivity index (χ0) is 12.7. The second kappa shape index (κ2) is 7.29. The summed E-state index contributed by atoms with van der Waals surface area (Å²) in [5, 5.41) is 19.7. The minimum atomic E-state index is -0.661. The summed E-state index contributed by atoms with van der Waals surface area (Å²) in [6.07, 6.45) is 8.34. The van der Waals surface area contributed by atoms with Crippen LogP contribution in [0.2, 0.25) is 0 Å². The zero-order valence-corrected chi connectivity index (χ0v) is 11.6. The Morgan fingerprint density at radius 3 is 1.81 bits per heavy atom. The van der Waals surface area contributed by atoms with Gasteiger partial charge < -0.3 is 10.2 Å². The van der Waals surface area contributed by atoms with Crippen molar-refractivity contribution in [3.63, 3.8) is 0 Å². The van der Waals surface area contributed by atoms with Gasteiger partial charge in [-0.05, 0) is 40.0 Å². The van der Waals surface area contributed by atoms with Crippen molar-refractivity contribution in [2.45, 2.75) is 90.3 Å². The van der Waals surface area contributed by atoms with Crippen molar-refractivity contribution in [2.75, 3.05) is 0 Å². The first-order chi connectivity index (χ1) is 7.27. The Labute approximate surface area is 101 Å². The average molecular weight is 230 g/mol. The van der Waals surface area contributed by atoms with Crippen LogP contribution in [0.1, 0.15) is 79.1 Å². The van der Waals surface area contributed by atoms with Crippen molar-refractivity contribution in [3.8, 4) is 0 Å². The van der Waals surface area contributed by atoms with E-state index in [1.165, 1.54) is 25.7 Å². The van der Waals surface area contributed by atoms with E-state index in [4.69, 9.17) is 0 Å². The lowest BCUT2D eigenvalue weighted by molar-refractivity contribution is -0.000178. The van der Waals surface area contributed by atoms with E-state index in [0.717, 1.165) is 12.8 Å². The molecule has 2 N–H and O–H groups in total. The maximum Gasteiger partial charge on any atom is 0.0620 e. The summed E-state index contributed by atoms with van der Waals surface area (Å²) in [6.45, 7) is 7.69. The summed E-state index contributed by atoms with van der Waals surface area (Å²) in [7, 11) is 0. The second-order valence-electron chi connectivity index (χ2n) is 5.97. The number of rotatable bonds is 9. The van der Waals surface area contributed by atoms with Crippen LogP contribution < -0.4 is 0 Å². The highest BCUT2D eigenvalue weighted by Crippen LogP contribution is 2.24. The van der Waals surface area contributed by atoms with Gasteiger partial charge in [0.25, 0.3) is 0 Å². The predicted molar refractivity (Wildman–Crippen MR) is 69.5 cm³/mol. The zero-order valence-electron chi connectivity index (χ0n) is 11.6. The minimum absolute atomic E-state index is 0.605. The molecule has 0 bridgehead atoms. The molecule has 0 aromatic carbocycles. The van der Waals surface area contributed by atoms with Crippen molar-refractivity contribution < 1.29 is 10.2 Å². The maximum absolute atomic E-state index is 10.1. The van der Waals surface area contributed by atoms with E-state index in [0.29, 0.717) is 12.8 Å². The number of unbranched alkanes of at least 4 members (excludes halogenated alkanes) is 4. The van der Waals surface area contributed by atoms with E-state index in [1.54, 1.807) is 13.8 Å². The predicted octanol–water partition coefficient (Wildman–Crippen LogP) is 3.65. The molecule has 0 rings (SSSR count). The van der Waals surface area contributed by atoms with Gasteiger partial charge >= 0.3 is 0 Å². The third-order valence-corrected chi connectivity index (χ3v) is 3.09. The topological polar surface area (TPSA) is 40.5 Å². The smallest absolute Gasteiger partial charge is 0.0620 e. The van der Waals surface area contributed by atoms with Gasteiger partial charge in [-0.3, -0.25) is 0 Å². The molecule has 0 spiro atoms. The highest BCUT2D eigenvalue weighted by molar-refractivity contribution is 4.77. The first kappa shape index (κ1) is 15.9. The molecule has 2 heteroatoms. The molecule has 0 amide bonds. The molecule has 0 aliphatic rings. The van der Waals surface area contributed by atoms with Crippen LogP contribution >= 0.6 is 0 Å².